The van der Waals surface area contributed by atoms with Gasteiger partial charge in [0.2, 0.25) is 53.2 Å². The van der Waals surface area contributed by atoms with Crippen LogP contribution in [0.25, 0.3) is 10.9 Å². The molecule has 11 rings (SSSR count). The Balaban J connectivity index is 0.00000231. The maximum atomic E-state index is 16.2. The van der Waals surface area contributed by atoms with Crippen molar-refractivity contribution < 1.29 is 114 Å². The van der Waals surface area contributed by atoms with E-state index in [0.717, 1.165) is 22.2 Å². The number of halogens is 4. The number of carboxylic acids is 1. The molecule has 34 heteroatoms. The van der Waals surface area contributed by atoms with Crippen LogP contribution < -0.4 is 36.6 Å². The van der Waals surface area contributed by atoms with E-state index in [0.29, 0.717) is 90.6 Å². The summed E-state index contributed by atoms with van der Waals surface area (Å²) in [4.78, 5) is 192. The van der Waals surface area contributed by atoms with E-state index in [1.165, 1.54) is 42.9 Å². The third-order valence-corrected chi connectivity index (χ3v) is 22.6. The standard InChI is InChI=1S/C86H112FN11O17.C2HF3O2/c1-55-80(106)91-69-45-60-16-12-17-61(43-60)50-88-76(104)54-115-73-31-37-96-79(73)83(109)93-78(56(2)99)82(108)92-70(44-58-23-27-67(112-7)28-24-58)85(111)97-36-14-33-86(97,3)74(102)18-13-15-57-19-21-59(22-20-57)52-95(35-11-9-8-10-34-94-53-64(46-62(84(96)110)48-72(69)101)68-49-65(87)25-29-71(68)94)77(105)30-26-66(100)47-63(81(107)90-55)51-89-75(103)32-39-113-41-42-114-40-38-98(4,5)6;3-2(4,5)1(6)7/h8,10,12,16-17,19-25,27-29,43,49,53,55-56,62-63,69-70,73,78-79,99H,9,11,13-15,18,26,30-42,44-48,50-52,54H2,1-7H3,(H5-,88,89,90,91,92,93,103,104,106,107,108,109);(H,6,7)/p+1/t55-,56-,62-,63+,69+,70+,73+,78+,79+,86+;/m1./s1. The normalized spacial score (nSPS) is 23.9. The summed E-state index contributed by atoms with van der Waals surface area (Å²) >= 11 is 0. The molecule has 6 aliphatic rings. The van der Waals surface area contributed by atoms with Gasteiger partial charge in [-0.25, -0.2) is 9.18 Å². The molecule has 4 aromatic carbocycles. The fraction of sp³-hybridized carbons (Fsp3) is 0.534. The van der Waals surface area contributed by atoms with Crippen LogP contribution >= 0.6 is 0 Å². The molecule has 2 saturated heterocycles. The molecular formula is C88H114F4N11O19+. The van der Waals surface area contributed by atoms with E-state index in [-0.39, 0.29) is 122 Å². The second-order valence-electron chi connectivity index (χ2n) is 33.0. The molecule has 6 aliphatic heterocycles. The fourth-order valence-corrected chi connectivity index (χ4v) is 15.6. The van der Waals surface area contributed by atoms with E-state index >= 15 is 28.4 Å². The predicted molar refractivity (Wildman–Crippen MR) is 438 cm³/mol. The summed E-state index contributed by atoms with van der Waals surface area (Å²) in [5.74, 6) is -13.4. The van der Waals surface area contributed by atoms with E-state index in [1.807, 2.05) is 62.1 Å². The Bertz CT molecular complexity index is 4570. The van der Waals surface area contributed by atoms with Crippen LogP contribution in [0.4, 0.5) is 17.6 Å². The van der Waals surface area contributed by atoms with Gasteiger partial charge in [-0.3, -0.25) is 57.5 Å². The lowest BCUT2D eigenvalue weighted by atomic mass is 9.88. The van der Waals surface area contributed by atoms with Crippen LogP contribution in [0.2, 0.25) is 0 Å². The molecule has 0 saturated carbocycles. The maximum Gasteiger partial charge on any atom is 0.490 e. The molecular weight excluding hydrogens is 1590 g/mol. The molecule has 7 heterocycles. The fourth-order valence-electron chi connectivity index (χ4n) is 15.6. The molecule has 0 unspecified atom stereocenters. The molecule has 9 amide bonds. The summed E-state index contributed by atoms with van der Waals surface area (Å²) in [6, 6.07) is 17.8. The molecule has 0 aliphatic carbocycles. The van der Waals surface area contributed by atoms with E-state index in [9.17, 15) is 51.8 Å². The van der Waals surface area contributed by atoms with Crippen molar-refractivity contribution in [2.45, 2.75) is 197 Å². The van der Waals surface area contributed by atoms with E-state index in [2.05, 4.69) is 31.9 Å². The Morgan fingerprint density at radius 2 is 1.44 bits per heavy atom. The second-order valence-corrected chi connectivity index (χ2v) is 33.0. The van der Waals surface area contributed by atoms with Crippen molar-refractivity contribution in [3.8, 4) is 5.75 Å². The van der Waals surface area contributed by atoms with Crippen LogP contribution in [0.5, 0.6) is 5.75 Å². The van der Waals surface area contributed by atoms with Crippen molar-refractivity contribution in [3.63, 3.8) is 0 Å². The highest BCUT2D eigenvalue weighted by Crippen LogP contribution is 2.35. The number of alkyl halides is 3. The molecule has 0 radical (unpaired) electrons. The summed E-state index contributed by atoms with van der Waals surface area (Å²) in [7, 11) is 7.65. The number of quaternary nitrogens is 1. The van der Waals surface area contributed by atoms with Crippen molar-refractivity contribution in [1.29, 1.82) is 0 Å². The molecule has 8 N–H and O–H groups in total. The number of benzene rings is 4. The second kappa shape index (κ2) is 44.3. The number of nitrogens with zero attached hydrogens (tertiary/aromatic N) is 5. The highest BCUT2D eigenvalue weighted by atomic mass is 19.4. The number of ketones is 3. The number of fused-ring (bicyclic) bond motifs is 16. The zero-order chi connectivity index (χ0) is 88.6. The van der Waals surface area contributed by atoms with E-state index < -0.39 is 156 Å². The minimum Gasteiger partial charge on any atom is -0.497 e. The predicted octanol–water partition coefficient (Wildman–Crippen LogP) is 5.25. The summed E-state index contributed by atoms with van der Waals surface area (Å²) in [5.41, 5.74) is 3.05. The Morgan fingerprint density at radius 1 is 0.730 bits per heavy atom. The molecule has 12 bridgehead atoms. The third-order valence-electron chi connectivity index (χ3n) is 22.6. The third kappa shape index (κ3) is 27.6. The van der Waals surface area contributed by atoms with Gasteiger partial charge in [-0.15, -0.1) is 0 Å². The molecule has 122 heavy (non-hydrogen) atoms. The average molecular weight is 1710 g/mol. The van der Waals surface area contributed by atoms with Gasteiger partial charge in [-0.2, -0.15) is 13.2 Å². The molecule has 2 fully saturated rings. The monoisotopic (exact) mass is 1700 g/mol. The van der Waals surface area contributed by atoms with Crippen LogP contribution in [0, 0.1) is 17.7 Å². The number of carbonyl (C=O) groups excluding carboxylic acids is 12. The number of allylic oxidation sites excluding steroid dienone is 2. The Morgan fingerprint density at radius 3 is 2.15 bits per heavy atom. The smallest absolute Gasteiger partial charge is 0.490 e. The number of carbonyl (C=O) groups is 13. The largest absolute Gasteiger partial charge is 0.497 e. The summed E-state index contributed by atoms with van der Waals surface area (Å²) in [6.07, 6.45) is -2.00. The van der Waals surface area contributed by atoms with Gasteiger partial charge in [-0.05, 0) is 142 Å². The van der Waals surface area contributed by atoms with Crippen LogP contribution in [0.15, 0.2) is 109 Å². The van der Waals surface area contributed by atoms with Gasteiger partial charge in [0.05, 0.1) is 84.4 Å². The Labute approximate surface area is 706 Å². The zero-order valence-electron chi connectivity index (χ0n) is 70.2. The first-order valence-electron chi connectivity index (χ1n) is 41.5. The number of ether oxygens (including phenoxy) is 4. The number of amides is 9. The summed E-state index contributed by atoms with van der Waals surface area (Å²) < 4.78 is 73.2. The number of aliphatic carboxylic acids is 1. The lowest BCUT2D eigenvalue weighted by Gasteiger charge is -2.37. The molecule has 30 nitrogen and oxygen atoms in total. The number of nitrogens with one attached hydrogen (secondary N) is 6. The lowest BCUT2D eigenvalue weighted by molar-refractivity contribution is -0.870. The lowest BCUT2D eigenvalue weighted by Crippen LogP contribution is -2.62. The van der Waals surface area contributed by atoms with Crippen LogP contribution in [0.1, 0.15) is 131 Å². The molecule has 10 atom stereocenters. The molecule has 0 spiro atoms. The van der Waals surface area contributed by atoms with Gasteiger partial charge >= 0.3 is 12.1 Å². The number of Topliss-reactive ketones (excluding diaryl/α,β-unsaturated/α-hetero) is 3. The van der Waals surface area contributed by atoms with Gasteiger partial charge in [0.1, 0.15) is 54.7 Å². The van der Waals surface area contributed by atoms with Crippen molar-refractivity contribution in [2.24, 2.45) is 11.8 Å². The van der Waals surface area contributed by atoms with Crippen LogP contribution in [-0.2, 0) is 122 Å². The highest BCUT2D eigenvalue weighted by molar-refractivity contribution is 6.00. The Hall–Kier alpha value is -10.8. The van der Waals surface area contributed by atoms with E-state index in [1.54, 1.807) is 72.6 Å². The number of aromatic nitrogens is 1. The molecule has 1 aromatic heterocycles. The first-order valence-corrected chi connectivity index (χ1v) is 41.5. The van der Waals surface area contributed by atoms with Gasteiger partial charge in [-0.1, -0.05) is 72.8 Å². The van der Waals surface area contributed by atoms with Crippen molar-refractivity contribution in [2.75, 3.05) is 94.0 Å². The number of likely N-dealkylation sites (N-methyl/N-ethyl adjacent to an activating group) is 1. The van der Waals surface area contributed by atoms with Gasteiger partial charge in [0.25, 0.3) is 0 Å². The van der Waals surface area contributed by atoms with Crippen LogP contribution in [-0.4, -0.2) is 259 Å². The first-order chi connectivity index (χ1) is 58.0. The average Bonchev–Trinajstić information content (AvgIpc) is 1.62. The Kier molecular flexibility index (Phi) is 34.5. The number of aryl methyl sites for hydroxylation is 1. The summed E-state index contributed by atoms with van der Waals surface area (Å²) in [6.45, 7) is 5.80. The zero-order valence-corrected chi connectivity index (χ0v) is 70.2. The number of hydrogen-bond acceptors (Lipinski definition) is 18. The van der Waals surface area contributed by atoms with E-state index in [4.69, 9.17) is 28.8 Å². The maximum absolute atomic E-state index is 16.2. The number of aliphatic hydroxyl groups excluding tert-OH is 1. The quantitative estimate of drug-likeness (QED) is 0.0287. The number of rotatable bonds is 15. The van der Waals surface area contributed by atoms with Gasteiger partial charge in [0.15, 0.2) is 11.6 Å². The molecule has 662 valence electrons. The number of aliphatic hydroxyl groups is 1. The molecule has 5 aromatic rings. The summed E-state index contributed by atoms with van der Waals surface area (Å²) in [5, 5.41) is 35.8. The number of hydrogen-bond donors (Lipinski definition) is 8. The minimum absolute atomic E-state index is 0.0223. The number of carboxylic acid groups (broad SMARTS) is 1. The number of methoxy groups -OCH3 is 1. The minimum atomic E-state index is -5.08. The van der Waals surface area contributed by atoms with Crippen molar-refractivity contribution in [1.82, 2.24) is 51.2 Å². The van der Waals surface area contributed by atoms with Gasteiger partial charge in [0, 0.05) is 114 Å². The van der Waals surface area contributed by atoms with Crippen molar-refractivity contribution in [3.05, 3.63) is 149 Å². The van der Waals surface area contributed by atoms with Crippen molar-refractivity contribution >= 4 is 87.4 Å². The van der Waals surface area contributed by atoms with Crippen LogP contribution in [0.3, 0.4) is 0 Å². The van der Waals surface area contributed by atoms with Gasteiger partial charge < -0.3 is 84.8 Å². The topological polar surface area (TPSA) is 386 Å². The SMILES string of the molecule is COc1ccc(C[C@@H]2NC(=O)[C@H]([C@@H](C)O)NC(=O)[C@@H]3[C@@H]4CCN3C(=O)[C@H]3CC(=O)[C@H](Cc5cccc(c5)CNC(=O)CO4)NC(=O)[C@@H](C)NC(=O)[C@H](CNC(=O)CCOCCOCC[N+](C)(C)C)CC(=O)CCC(=O)N(CCCC=CCn4cc(c5cc(F)ccc54)C3)Cc3ccc(cc3)CCCC(=O)[C@]3(C)CCCN3C2=O)cc1.O=C(O)C(F)(F)F. The highest BCUT2D eigenvalue weighted by Gasteiger charge is 2.50. The first kappa shape index (κ1) is 95.0.